The smallest absolute Gasteiger partial charge is 0.122 e. The second-order valence-corrected chi connectivity index (χ2v) is 4.22. The molecule has 0 fully saturated rings. The normalized spacial score (nSPS) is 12.2. The van der Waals surface area contributed by atoms with Crippen LogP contribution in [0.25, 0.3) is 0 Å². The molecule has 0 spiro atoms. The number of ether oxygens (including phenoxy) is 1. The van der Waals surface area contributed by atoms with E-state index in [9.17, 15) is 0 Å². The predicted molar refractivity (Wildman–Crippen MR) is 68.9 cm³/mol. The summed E-state index contributed by atoms with van der Waals surface area (Å²) in [7, 11) is 3.65. The molecule has 1 atom stereocenters. The van der Waals surface area contributed by atoms with Crippen LogP contribution in [-0.4, -0.2) is 25.1 Å². The Morgan fingerprint density at radius 2 is 2.18 bits per heavy atom. The lowest BCUT2D eigenvalue weighted by Crippen LogP contribution is -2.27. The SMILES string of the molecule is CCc1cc(CN(C)C(C)C#N)ccc1OC. The van der Waals surface area contributed by atoms with Crippen LogP contribution in [0.4, 0.5) is 0 Å². The Balaban J connectivity index is 2.83. The molecular formula is C14H20N2O. The van der Waals surface area contributed by atoms with Crippen molar-refractivity contribution in [2.24, 2.45) is 0 Å². The largest absolute Gasteiger partial charge is 0.496 e. The molecule has 0 aliphatic rings. The standard InChI is InChI=1S/C14H20N2O/c1-5-13-8-12(6-7-14(13)17-4)10-16(3)11(2)9-15/h6-8,11H,5,10H2,1-4H3. The molecule has 0 aliphatic carbocycles. The van der Waals surface area contributed by atoms with E-state index in [2.05, 4.69) is 25.1 Å². The number of hydrogen-bond donors (Lipinski definition) is 0. The summed E-state index contributed by atoms with van der Waals surface area (Å²) in [6.07, 6.45) is 0.953. The van der Waals surface area contributed by atoms with E-state index in [0.717, 1.165) is 18.7 Å². The lowest BCUT2D eigenvalue weighted by Gasteiger charge is -2.19. The average molecular weight is 232 g/mol. The Bertz CT molecular complexity index is 409. The predicted octanol–water partition coefficient (Wildman–Crippen LogP) is 2.60. The van der Waals surface area contributed by atoms with Gasteiger partial charge in [0.15, 0.2) is 0 Å². The Labute approximate surface area is 104 Å². The van der Waals surface area contributed by atoms with Gasteiger partial charge in [-0.15, -0.1) is 0 Å². The van der Waals surface area contributed by atoms with Crippen LogP contribution in [0, 0.1) is 11.3 Å². The molecule has 3 heteroatoms. The highest BCUT2D eigenvalue weighted by molar-refractivity contribution is 5.37. The Hall–Kier alpha value is -1.53. The minimum absolute atomic E-state index is 0.0674. The number of nitriles is 1. The molecule has 1 unspecified atom stereocenters. The molecule has 0 radical (unpaired) electrons. The van der Waals surface area contributed by atoms with Crippen molar-refractivity contribution in [3.05, 3.63) is 29.3 Å². The van der Waals surface area contributed by atoms with Gasteiger partial charge in [-0.25, -0.2) is 0 Å². The minimum atomic E-state index is -0.0674. The van der Waals surface area contributed by atoms with Crippen molar-refractivity contribution in [3.8, 4) is 11.8 Å². The summed E-state index contributed by atoms with van der Waals surface area (Å²) in [6.45, 7) is 4.80. The molecule has 0 bridgehead atoms. The van der Waals surface area contributed by atoms with E-state index in [0.29, 0.717) is 0 Å². The summed E-state index contributed by atoms with van der Waals surface area (Å²) in [4.78, 5) is 2.03. The van der Waals surface area contributed by atoms with Crippen molar-refractivity contribution < 1.29 is 4.74 Å². The number of methoxy groups -OCH3 is 1. The van der Waals surface area contributed by atoms with Gasteiger partial charge in [0.1, 0.15) is 5.75 Å². The van der Waals surface area contributed by atoms with Crippen LogP contribution in [0.2, 0.25) is 0 Å². The fraction of sp³-hybridized carbons (Fsp3) is 0.500. The molecule has 1 aromatic carbocycles. The number of hydrogen-bond acceptors (Lipinski definition) is 3. The van der Waals surface area contributed by atoms with Gasteiger partial charge >= 0.3 is 0 Å². The van der Waals surface area contributed by atoms with Crippen LogP contribution >= 0.6 is 0 Å². The second kappa shape index (κ2) is 6.27. The third kappa shape index (κ3) is 3.47. The lowest BCUT2D eigenvalue weighted by atomic mass is 10.1. The Morgan fingerprint density at radius 1 is 1.47 bits per heavy atom. The molecule has 0 saturated carbocycles. The van der Waals surface area contributed by atoms with Gasteiger partial charge in [-0.2, -0.15) is 5.26 Å². The van der Waals surface area contributed by atoms with Crippen LogP contribution in [0.3, 0.4) is 0 Å². The van der Waals surface area contributed by atoms with E-state index >= 15 is 0 Å². The minimum Gasteiger partial charge on any atom is -0.496 e. The van der Waals surface area contributed by atoms with Gasteiger partial charge < -0.3 is 4.74 Å². The van der Waals surface area contributed by atoms with Crippen LogP contribution in [0.15, 0.2) is 18.2 Å². The van der Waals surface area contributed by atoms with Crippen LogP contribution in [-0.2, 0) is 13.0 Å². The van der Waals surface area contributed by atoms with Crippen molar-refractivity contribution in [1.29, 1.82) is 5.26 Å². The van der Waals surface area contributed by atoms with Gasteiger partial charge in [0.25, 0.3) is 0 Å². The fourth-order valence-corrected chi connectivity index (χ4v) is 1.73. The topological polar surface area (TPSA) is 36.3 Å². The molecule has 0 N–H and O–H groups in total. The molecule has 1 aromatic rings. The highest BCUT2D eigenvalue weighted by Gasteiger charge is 2.09. The highest BCUT2D eigenvalue weighted by Crippen LogP contribution is 2.21. The molecule has 92 valence electrons. The zero-order valence-electron chi connectivity index (χ0n) is 11.0. The quantitative estimate of drug-likeness (QED) is 0.783. The molecule has 0 heterocycles. The first kappa shape index (κ1) is 13.5. The zero-order valence-corrected chi connectivity index (χ0v) is 11.0. The van der Waals surface area contributed by atoms with Crippen molar-refractivity contribution in [2.45, 2.75) is 32.9 Å². The molecule has 0 aliphatic heterocycles. The Morgan fingerprint density at radius 3 is 2.71 bits per heavy atom. The molecule has 0 amide bonds. The van der Waals surface area contributed by atoms with Crippen molar-refractivity contribution in [2.75, 3.05) is 14.2 Å². The fourth-order valence-electron chi connectivity index (χ4n) is 1.73. The van der Waals surface area contributed by atoms with E-state index < -0.39 is 0 Å². The third-order valence-corrected chi connectivity index (χ3v) is 3.01. The summed E-state index contributed by atoms with van der Waals surface area (Å²) >= 11 is 0. The molecule has 3 nitrogen and oxygen atoms in total. The van der Waals surface area contributed by atoms with E-state index in [1.165, 1.54) is 11.1 Å². The van der Waals surface area contributed by atoms with Gasteiger partial charge in [-0.1, -0.05) is 19.1 Å². The lowest BCUT2D eigenvalue weighted by molar-refractivity contribution is 0.294. The third-order valence-electron chi connectivity index (χ3n) is 3.01. The summed E-state index contributed by atoms with van der Waals surface area (Å²) in [5.41, 5.74) is 2.43. The maximum atomic E-state index is 8.85. The number of rotatable bonds is 5. The maximum absolute atomic E-state index is 8.85. The first-order valence-electron chi connectivity index (χ1n) is 5.88. The highest BCUT2D eigenvalue weighted by atomic mass is 16.5. The van der Waals surface area contributed by atoms with Crippen LogP contribution < -0.4 is 4.74 Å². The summed E-state index contributed by atoms with van der Waals surface area (Å²) < 4.78 is 5.30. The molecule has 0 aromatic heterocycles. The average Bonchev–Trinajstić information content (AvgIpc) is 2.37. The van der Waals surface area contributed by atoms with E-state index in [1.54, 1.807) is 7.11 Å². The van der Waals surface area contributed by atoms with Crippen molar-refractivity contribution in [1.82, 2.24) is 4.90 Å². The molecule has 17 heavy (non-hydrogen) atoms. The van der Waals surface area contributed by atoms with Crippen molar-refractivity contribution in [3.63, 3.8) is 0 Å². The summed E-state index contributed by atoms with van der Waals surface area (Å²) in [5.74, 6) is 0.937. The van der Waals surface area contributed by atoms with E-state index in [-0.39, 0.29) is 6.04 Å². The molecule has 0 saturated heterocycles. The van der Waals surface area contributed by atoms with Gasteiger partial charge in [-0.3, -0.25) is 4.90 Å². The molecule has 1 rings (SSSR count). The number of benzene rings is 1. The summed E-state index contributed by atoms with van der Waals surface area (Å²) in [5, 5.41) is 8.85. The summed E-state index contributed by atoms with van der Waals surface area (Å²) in [6, 6.07) is 8.38. The maximum Gasteiger partial charge on any atom is 0.122 e. The first-order chi connectivity index (χ1) is 8.12. The van der Waals surface area contributed by atoms with Gasteiger partial charge in [0, 0.05) is 6.54 Å². The van der Waals surface area contributed by atoms with Crippen LogP contribution in [0.1, 0.15) is 25.0 Å². The second-order valence-electron chi connectivity index (χ2n) is 4.22. The molecular weight excluding hydrogens is 212 g/mol. The van der Waals surface area contributed by atoms with E-state index in [4.69, 9.17) is 10.00 Å². The van der Waals surface area contributed by atoms with Gasteiger partial charge in [0.2, 0.25) is 0 Å². The Kier molecular flexibility index (Phi) is 4.99. The first-order valence-corrected chi connectivity index (χ1v) is 5.88. The zero-order chi connectivity index (χ0) is 12.8. The van der Waals surface area contributed by atoms with E-state index in [1.807, 2.05) is 24.9 Å². The van der Waals surface area contributed by atoms with Crippen molar-refractivity contribution >= 4 is 0 Å². The van der Waals surface area contributed by atoms with Gasteiger partial charge in [0.05, 0.1) is 19.2 Å². The number of nitrogens with zero attached hydrogens (tertiary/aromatic N) is 2. The monoisotopic (exact) mass is 232 g/mol. The van der Waals surface area contributed by atoms with Gasteiger partial charge in [-0.05, 0) is 37.6 Å². The number of aryl methyl sites for hydroxylation is 1. The van der Waals surface area contributed by atoms with Crippen LogP contribution in [0.5, 0.6) is 5.75 Å².